The van der Waals surface area contributed by atoms with Crippen LogP contribution in [0, 0.1) is 0 Å². The van der Waals surface area contributed by atoms with Gasteiger partial charge in [-0.3, -0.25) is 9.69 Å². The fourth-order valence-corrected chi connectivity index (χ4v) is 3.44. The minimum atomic E-state index is -1.00. The molecule has 1 fully saturated rings. The van der Waals surface area contributed by atoms with Crippen molar-refractivity contribution in [2.24, 2.45) is 4.99 Å². The number of rotatable bonds is 4. The number of carboxylic acid groups (broad SMARTS) is 1. The topological polar surface area (TPSA) is 93.0 Å². The van der Waals surface area contributed by atoms with Crippen molar-refractivity contribution in [1.29, 1.82) is 0 Å². The second-order valence-electron chi connectivity index (χ2n) is 5.48. The molecule has 1 aliphatic rings. The Balaban J connectivity index is 1.89. The van der Waals surface area contributed by atoms with Crippen LogP contribution in [0.5, 0.6) is 5.75 Å². The Morgan fingerprint density at radius 1 is 1.19 bits per heavy atom. The van der Waals surface area contributed by atoms with Crippen molar-refractivity contribution in [3.05, 3.63) is 64.6 Å². The van der Waals surface area contributed by atoms with Gasteiger partial charge in [-0.25, -0.2) is 9.79 Å². The van der Waals surface area contributed by atoms with E-state index in [1.165, 1.54) is 36.0 Å². The van der Waals surface area contributed by atoms with Crippen LogP contribution in [-0.2, 0) is 4.79 Å². The van der Waals surface area contributed by atoms with E-state index in [1.54, 1.807) is 35.2 Å². The third kappa shape index (κ3) is 3.78. The summed E-state index contributed by atoms with van der Waals surface area (Å²) in [5.74, 6) is -1.23. The Kier molecular flexibility index (Phi) is 5.09. The number of thioether (sulfide) groups is 1. The highest BCUT2D eigenvalue weighted by atomic mass is 32.2. The zero-order valence-corrected chi connectivity index (χ0v) is 14.7. The summed E-state index contributed by atoms with van der Waals surface area (Å²) in [7, 11) is 0. The van der Waals surface area contributed by atoms with E-state index >= 15 is 0 Å². The molecule has 2 aromatic carbocycles. The standard InChI is InChI=1S/C19H16N2O4S/c1-2-21-17(23)16(11-12-3-9-15(22)10-4-12)26-19(21)20-14-7-5-13(6-8-14)18(24)25/h3-11,22H,2H2,1H3,(H,24,25)/p-1/b16-11-,20-19?. The Bertz CT molecular complexity index is 902. The van der Waals surface area contributed by atoms with Gasteiger partial charge in [0.2, 0.25) is 0 Å². The average Bonchev–Trinajstić information content (AvgIpc) is 2.92. The number of hydrogen-bond donors (Lipinski definition) is 1. The zero-order chi connectivity index (χ0) is 18.7. The molecule has 0 atom stereocenters. The maximum atomic E-state index is 12.6. The normalized spacial score (nSPS) is 17.3. The molecule has 0 aromatic heterocycles. The van der Waals surface area contributed by atoms with Gasteiger partial charge in [0.25, 0.3) is 5.91 Å². The molecule has 2 aromatic rings. The van der Waals surface area contributed by atoms with Gasteiger partial charge >= 0.3 is 5.97 Å². The summed E-state index contributed by atoms with van der Waals surface area (Å²) in [6, 6.07) is 12.4. The van der Waals surface area contributed by atoms with E-state index in [9.17, 15) is 14.7 Å². The number of benzene rings is 2. The molecule has 6 nitrogen and oxygen atoms in total. The summed E-state index contributed by atoms with van der Waals surface area (Å²) < 4.78 is 0. The SMILES string of the molecule is CCN1C(=O)/C(=C/c2ccc([O-])cc2)SC1=Nc1ccc(C(=O)O)cc1. The van der Waals surface area contributed by atoms with Crippen molar-refractivity contribution in [3.63, 3.8) is 0 Å². The highest BCUT2D eigenvalue weighted by molar-refractivity contribution is 8.18. The molecule has 1 amide bonds. The zero-order valence-electron chi connectivity index (χ0n) is 13.9. The van der Waals surface area contributed by atoms with Crippen LogP contribution in [0.1, 0.15) is 22.8 Å². The van der Waals surface area contributed by atoms with Crippen molar-refractivity contribution in [1.82, 2.24) is 4.90 Å². The molecule has 132 valence electrons. The van der Waals surface area contributed by atoms with E-state index in [1.807, 2.05) is 6.92 Å². The maximum absolute atomic E-state index is 12.6. The molecule has 0 saturated carbocycles. The molecule has 0 bridgehead atoms. The molecule has 26 heavy (non-hydrogen) atoms. The second kappa shape index (κ2) is 7.45. The molecule has 1 saturated heterocycles. The minimum absolute atomic E-state index is 0.0835. The smallest absolute Gasteiger partial charge is 0.335 e. The van der Waals surface area contributed by atoms with Crippen LogP contribution >= 0.6 is 11.8 Å². The number of hydrogen-bond acceptors (Lipinski definition) is 5. The van der Waals surface area contributed by atoms with E-state index in [-0.39, 0.29) is 17.2 Å². The molecule has 0 radical (unpaired) electrons. The van der Waals surface area contributed by atoms with Crippen molar-refractivity contribution in [2.75, 3.05) is 6.54 Å². The van der Waals surface area contributed by atoms with E-state index in [2.05, 4.69) is 4.99 Å². The molecule has 0 spiro atoms. The fourth-order valence-electron chi connectivity index (χ4n) is 2.37. The summed E-state index contributed by atoms with van der Waals surface area (Å²) >= 11 is 1.25. The van der Waals surface area contributed by atoms with Crippen LogP contribution in [0.3, 0.4) is 0 Å². The largest absolute Gasteiger partial charge is 0.872 e. The van der Waals surface area contributed by atoms with Crippen LogP contribution in [0.15, 0.2) is 58.4 Å². The van der Waals surface area contributed by atoms with Crippen LogP contribution in [0.25, 0.3) is 6.08 Å². The lowest BCUT2D eigenvalue weighted by Gasteiger charge is -2.12. The van der Waals surface area contributed by atoms with Crippen LogP contribution in [0.2, 0.25) is 0 Å². The Morgan fingerprint density at radius 3 is 2.42 bits per heavy atom. The van der Waals surface area contributed by atoms with E-state index in [0.29, 0.717) is 22.3 Å². The Labute approximate surface area is 154 Å². The minimum Gasteiger partial charge on any atom is -0.872 e. The molecule has 1 N–H and O–H groups in total. The number of carbonyl (C=O) groups excluding carboxylic acids is 1. The lowest BCUT2D eigenvalue weighted by atomic mass is 10.2. The predicted molar refractivity (Wildman–Crippen MR) is 99.3 cm³/mol. The van der Waals surface area contributed by atoms with Gasteiger partial charge in [0.1, 0.15) is 0 Å². The lowest BCUT2D eigenvalue weighted by Crippen LogP contribution is -2.28. The molecule has 1 heterocycles. The number of amidine groups is 1. The van der Waals surface area contributed by atoms with Gasteiger partial charge < -0.3 is 10.2 Å². The number of aromatic carboxylic acids is 1. The van der Waals surface area contributed by atoms with Crippen LogP contribution in [0.4, 0.5) is 5.69 Å². The lowest BCUT2D eigenvalue weighted by molar-refractivity contribution is -0.268. The molecule has 7 heteroatoms. The van der Waals surface area contributed by atoms with E-state index in [0.717, 1.165) is 5.56 Å². The van der Waals surface area contributed by atoms with E-state index < -0.39 is 5.97 Å². The van der Waals surface area contributed by atoms with Crippen LogP contribution in [-0.4, -0.2) is 33.6 Å². The monoisotopic (exact) mass is 367 g/mol. The fraction of sp³-hybridized carbons (Fsp3) is 0.105. The average molecular weight is 367 g/mol. The van der Waals surface area contributed by atoms with Gasteiger partial charge in [-0.2, -0.15) is 0 Å². The quantitative estimate of drug-likeness (QED) is 0.838. The number of amides is 1. The Morgan fingerprint density at radius 2 is 1.85 bits per heavy atom. The van der Waals surface area contributed by atoms with Gasteiger partial charge in [-0.15, -0.1) is 5.75 Å². The van der Waals surface area contributed by atoms with Crippen molar-refractivity contribution in [2.45, 2.75) is 6.92 Å². The number of nitrogens with zero attached hydrogens (tertiary/aromatic N) is 2. The second-order valence-corrected chi connectivity index (χ2v) is 6.48. The van der Waals surface area contributed by atoms with Crippen molar-refractivity contribution >= 4 is 40.6 Å². The third-order valence-electron chi connectivity index (χ3n) is 3.72. The Hall–Kier alpha value is -3.06. The summed E-state index contributed by atoms with van der Waals surface area (Å²) in [6.45, 7) is 2.32. The summed E-state index contributed by atoms with van der Waals surface area (Å²) in [5.41, 5.74) is 1.52. The number of carboxylic acids is 1. The summed E-state index contributed by atoms with van der Waals surface area (Å²) in [4.78, 5) is 30.0. The first kappa shape index (κ1) is 17.8. The van der Waals surface area contributed by atoms with Crippen LogP contribution < -0.4 is 5.11 Å². The van der Waals surface area contributed by atoms with Gasteiger partial charge in [-0.05, 0) is 54.6 Å². The molecular weight excluding hydrogens is 352 g/mol. The van der Waals surface area contributed by atoms with Gasteiger partial charge in [0, 0.05) is 6.54 Å². The number of carbonyl (C=O) groups is 2. The highest BCUT2D eigenvalue weighted by Gasteiger charge is 2.32. The summed E-state index contributed by atoms with van der Waals surface area (Å²) in [6.07, 6.45) is 1.73. The molecular formula is C19H15N2O4S-. The van der Waals surface area contributed by atoms with Gasteiger partial charge in [0.15, 0.2) is 5.17 Å². The van der Waals surface area contributed by atoms with Gasteiger partial charge in [0.05, 0.1) is 16.2 Å². The van der Waals surface area contributed by atoms with Gasteiger partial charge in [-0.1, -0.05) is 24.3 Å². The highest BCUT2D eigenvalue weighted by Crippen LogP contribution is 2.34. The predicted octanol–water partition coefficient (Wildman–Crippen LogP) is 3.08. The third-order valence-corrected chi connectivity index (χ3v) is 4.73. The number of aliphatic imine (C=N–C) groups is 1. The number of likely N-dealkylation sites (N-methyl/N-ethyl adjacent to an activating group) is 1. The summed E-state index contributed by atoms with van der Waals surface area (Å²) in [5, 5.41) is 20.7. The first-order valence-corrected chi connectivity index (χ1v) is 8.70. The van der Waals surface area contributed by atoms with E-state index in [4.69, 9.17) is 5.11 Å². The first-order chi connectivity index (χ1) is 12.5. The molecule has 0 aliphatic carbocycles. The molecule has 1 aliphatic heterocycles. The maximum Gasteiger partial charge on any atom is 0.335 e. The molecule has 3 rings (SSSR count). The molecule has 0 unspecified atom stereocenters. The first-order valence-electron chi connectivity index (χ1n) is 7.88. The van der Waals surface area contributed by atoms with Crippen molar-refractivity contribution < 1.29 is 19.8 Å². The van der Waals surface area contributed by atoms with Crippen molar-refractivity contribution in [3.8, 4) is 5.75 Å².